The van der Waals surface area contributed by atoms with Crippen molar-refractivity contribution < 1.29 is 8.42 Å². The third kappa shape index (κ3) is 4.90. The van der Waals surface area contributed by atoms with Gasteiger partial charge >= 0.3 is 0 Å². The molecule has 0 bridgehead atoms. The standard InChI is InChI=1S/C22H18Cl2N4O2S/c1-13-3-6-16(11-19(13)24)27-22-17-9-14(5-8-20(17)25-12-26-22)15-4-7-18(23)21(10-15)28-31(2,29)30/h3-12,28H,1-2H3,(H,25,26,27). The molecular weight excluding hydrogens is 455 g/mol. The van der Waals surface area contributed by atoms with E-state index in [-0.39, 0.29) is 0 Å². The minimum Gasteiger partial charge on any atom is -0.340 e. The number of hydrogen-bond acceptors (Lipinski definition) is 5. The fraction of sp³-hybridized carbons (Fsp3) is 0.0909. The summed E-state index contributed by atoms with van der Waals surface area (Å²) in [5, 5.41) is 5.09. The Labute approximate surface area is 190 Å². The molecule has 0 aliphatic carbocycles. The summed E-state index contributed by atoms with van der Waals surface area (Å²) in [6, 6.07) is 16.6. The average molecular weight is 473 g/mol. The van der Waals surface area contributed by atoms with Crippen LogP contribution in [0.1, 0.15) is 5.56 Å². The Hall–Kier alpha value is -2.87. The van der Waals surface area contributed by atoms with Crippen molar-refractivity contribution in [3.63, 3.8) is 0 Å². The van der Waals surface area contributed by atoms with E-state index >= 15 is 0 Å². The zero-order valence-electron chi connectivity index (χ0n) is 16.6. The van der Waals surface area contributed by atoms with Gasteiger partial charge in [-0.15, -0.1) is 0 Å². The van der Waals surface area contributed by atoms with Gasteiger partial charge in [0.1, 0.15) is 12.1 Å². The number of nitrogens with one attached hydrogen (secondary N) is 2. The minimum atomic E-state index is -3.46. The monoisotopic (exact) mass is 472 g/mol. The van der Waals surface area contributed by atoms with Gasteiger partial charge in [-0.2, -0.15) is 0 Å². The van der Waals surface area contributed by atoms with E-state index in [1.807, 2.05) is 49.4 Å². The van der Waals surface area contributed by atoms with E-state index in [0.29, 0.717) is 21.6 Å². The lowest BCUT2D eigenvalue weighted by Gasteiger charge is -2.12. The molecule has 1 aromatic heterocycles. The molecule has 4 rings (SSSR count). The maximum Gasteiger partial charge on any atom is 0.229 e. The van der Waals surface area contributed by atoms with Gasteiger partial charge in [0.05, 0.1) is 22.5 Å². The summed E-state index contributed by atoms with van der Waals surface area (Å²) in [6.45, 7) is 1.94. The molecule has 0 unspecified atom stereocenters. The second-order valence-electron chi connectivity index (χ2n) is 7.11. The Balaban J connectivity index is 1.76. The summed E-state index contributed by atoms with van der Waals surface area (Å²) in [4.78, 5) is 8.73. The van der Waals surface area contributed by atoms with E-state index in [4.69, 9.17) is 23.2 Å². The van der Waals surface area contributed by atoms with Crippen molar-refractivity contribution in [1.82, 2.24) is 9.97 Å². The highest BCUT2D eigenvalue weighted by atomic mass is 35.5. The summed E-state index contributed by atoms with van der Waals surface area (Å²) in [6.07, 6.45) is 2.58. The lowest BCUT2D eigenvalue weighted by atomic mass is 10.0. The van der Waals surface area contributed by atoms with E-state index in [2.05, 4.69) is 20.0 Å². The van der Waals surface area contributed by atoms with Crippen LogP contribution in [0, 0.1) is 6.92 Å². The fourth-order valence-electron chi connectivity index (χ4n) is 3.13. The highest BCUT2D eigenvalue weighted by Crippen LogP contribution is 2.33. The number of benzene rings is 3. The third-order valence-electron chi connectivity index (χ3n) is 4.66. The van der Waals surface area contributed by atoms with Gasteiger partial charge in [-0.05, 0) is 60.0 Å². The van der Waals surface area contributed by atoms with Gasteiger partial charge in [0.25, 0.3) is 0 Å². The van der Waals surface area contributed by atoms with Crippen molar-refractivity contribution >= 4 is 61.3 Å². The molecule has 0 radical (unpaired) electrons. The summed E-state index contributed by atoms with van der Waals surface area (Å²) in [7, 11) is -3.46. The number of sulfonamides is 1. The Morgan fingerprint density at radius 1 is 0.871 bits per heavy atom. The van der Waals surface area contributed by atoms with E-state index in [1.165, 1.54) is 6.33 Å². The van der Waals surface area contributed by atoms with Gasteiger partial charge in [-0.1, -0.05) is 41.4 Å². The smallest absolute Gasteiger partial charge is 0.229 e. The first-order chi connectivity index (χ1) is 14.7. The van der Waals surface area contributed by atoms with E-state index in [0.717, 1.165) is 39.5 Å². The molecule has 1 heterocycles. The second-order valence-corrected chi connectivity index (χ2v) is 9.67. The van der Waals surface area contributed by atoms with Crippen LogP contribution in [0.5, 0.6) is 0 Å². The molecule has 0 aliphatic rings. The normalized spacial score (nSPS) is 11.5. The van der Waals surface area contributed by atoms with E-state index < -0.39 is 10.0 Å². The number of anilines is 3. The Morgan fingerprint density at radius 3 is 2.35 bits per heavy atom. The highest BCUT2D eigenvalue weighted by molar-refractivity contribution is 7.92. The molecule has 0 atom stereocenters. The largest absolute Gasteiger partial charge is 0.340 e. The Bertz CT molecular complexity index is 1410. The van der Waals surface area contributed by atoms with Gasteiger partial charge in [-0.25, -0.2) is 18.4 Å². The van der Waals surface area contributed by atoms with Crippen LogP contribution >= 0.6 is 23.2 Å². The summed E-state index contributed by atoms with van der Waals surface area (Å²) in [5.41, 5.74) is 4.54. The van der Waals surface area contributed by atoms with Crippen molar-refractivity contribution in [2.45, 2.75) is 6.92 Å². The van der Waals surface area contributed by atoms with Gasteiger partial charge in [0, 0.05) is 16.1 Å². The summed E-state index contributed by atoms with van der Waals surface area (Å²) >= 11 is 12.4. The van der Waals surface area contributed by atoms with Crippen LogP contribution in [-0.2, 0) is 10.0 Å². The first kappa shape index (κ1) is 21.4. The van der Waals surface area contributed by atoms with Crippen LogP contribution in [0.15, 0.2) is 60.9 Å². The predicted molar refractivity (Wildman–Crippen MR) is 128 cm³/mol. The van der Waals surface area contributed by atoms with Gasteiger partial charge in [-0.3, -0.25) is 4.72 Å². The topological polar surface area (TPSA) is 84.0 Å². The molecule has 2 N–H and O–H groups in total. The van der Waals surface area contributed by atoms with Crippen molar-refractivity contribution in [3.8, 4) is 11.1 Å². The number of halogens is 2. The maximum absolute atomic E-state index is 11.6. The van der Waals surface area contributed by atoms with Crippen LogP contribution in [0.25, 0.3) is 22.0 Å². The fourth-order valence-corrected chi connectivity index (χ4v) is 4.10. The molecule has 0 spiro atoms. The summed E-state index contributed by atoms with van der Waals surface area (Å²) < 4.78 is 25.7. The zero-order valence-corrected chi connectivity index (χ0v) is 19.0. The molecule has 0 fully saturated rings. The average Bonchev–Trinajstić information content (AvgIpc) is 2.71. The molecule has 9 heteroatoms. The zero-order chi connectivity index (χ0) is 22.2. The van der Waals surface area contributed by atoms with Gasteiger partial charge < -0.3 is 5.32 Å². The van der Waals surface area contributed by atoms with Crippen molar-refractivity contribution in [1.29, 1.82) is 0 Å². The Kier molecular flexibility index (Phi) is 5.75. The van der Waals surface area contributed by atoms with E-state index in [1.54, 1.807) is 12.1 Å². The highest BCUT2D eigenvalue weighted by Gasteiger charge is 2.11. The molecule has 4 aromatic rings. The van der Waals surface area contributed by atoms with Crippen LogP contribution in [0.2, 0.25) is 10.0 Å². The second kappa shape index (κ2) is 8.34. The van der Waals surface area contributed by atoms with Gasteiger partial charge in [0.15, 0.2) is 0 Å². The van der Waals surface area contributed by atoms with Crippen LogP contribution in [0.3, 0.4) is 0 Å². The first-order valence-corrected chi connectivity index (χ1v) is 11.9. The molecule has 6 nitrogen and oxygen atoms in total. The summed E-state index contributed by atoms with van der Waals surface area (Å²) in [5.74, 6) is 0.634. The quantitative estimate of drug-likeness (QED) is 0.370. The number of nitrogens with zero attached hydrogens (tertiary/aromatic N) is 2. The molecule has 0 saturated heterocycles. The SMILES string of the molecule is Cc1ccc(Nc2ncnc3ccc(-c4ccc(Cl)c(NS(C)(=O)=O)c4)cc23)cc1Cl. The Morgan fingerprint density at radius 2 is 1.61 bits per heavy atom. The molecule has 3 aromatic carbocycles. The third-order valence-corrected chi connectivity index (χ3v) is 5.99. The van der Waals surface area contributed by atoms with Gasteiger partial charge in [0.2, 0.25) is 10.0 Å². The lowest BCUT2D eigenvalue weighted by molar-refractivity contribution is 0.607. The van der Waals surface area contributed by atoms with Crippen molar-refractivity contribution in [2.24, 2.45) is 0 Å². The number of aryl methyl sites for hydroxylation is 1. The predicted octanol–water partition coefficient (Wildman–Crippen LogP) is 6.03. The number of rotatable bonds is 5. The molecule has 31 heavy (non-hydrogen) atoms. The number of hydrogen-bond donors (Lipinski definition) is 2. The molecule has 0 amide bonds. The van der Waals surface area contributed by atoms with E-state index in [9.17, 15) is 8.42 Å². The molecule has 0 saturated carbocycles. The minimum absolute atomic E-state index is 0.317. The van der Waals surface area contributed by atoms with Crippen LogP contribution in [0.4, 0.5) is 17.2 Å². The number of aromatic nitrogens is 2. The van der Waals surface area contributed by atoms with Crippen molar-refractivity contribution in [2.75, 3.05) is 16.3 Å². The maximum atomic E-state index is 11.6. The molecule has 158 valence electrons. The molecular formula is C22H18Cl2N4O2S. The van der Waals surface area contributed by atoms with Crippen molar-refractivity contribution in [3.05, 3.63) is 76.5 Å². The lowest BCUT2D eigenvalue weighted by Crippen LogP contribution is -2.09. The van der Waals surface area contributed by atoms with Crippen LogP contribution in [-0.4, -0.2) is 24.6 Å². The first-order valence-electron chi connectivity index (χ1n) is 9.25. The van der Waals surface area contributed by atoms with Crippen LogP contribution < -0.4 is 10.0 Å². The number of fused-ring (bicyclic) bond motifs is 1. The molecule has 0 aliphatic heterocycles.